The van der Waals surface area contributed by atoms with E-state index in [4.69, 9.17) is 9.47 Å². The van der Waals surface area contributed by atoms with E-state index in [1.165, 1.54) is 11.1 Å². The van der Waals surface area contributed by atoms with Crippen molar-refractivity contribution in [3.05, 3.63) is 46.7 Å². The maximum absolute atomic E-state index is 10.8. The molecule has 2 aliphatic carbocycles. The summed E-state index contributed by atoms with van der Waals surface area (Å²) in [6.45, 7) is 0.936. The van der Waals surface area contributed by atoms with E-state index in [0.29, 0.717) is 11.8 Å². The van der Waals surface area contributed by atoms with Crippen LogP contribution in [-0.2, 0) is 16.6 Å². The van der Waals surface area contributed by atoms with Gasteiger partial charge in [0.2, 0.25) is 0 Å². The molecule has 4 nitrogen and oxygen atoms in total. The summed E-state index contributed by atoms with van der Waals surface area (Å²) in [5.74, 6) is 1.79. The summed E-state index contributed by atoms with van der Waals surface area (Å²) in [5.41, 5.74) is 3.31. The van der Waals surface area contributed by atoms with Gasteiger partial charge in [0.15, 0.2) is 11.5 Å². The summed E-state index contributed by atoms with van der Waals surface area (Å²) in [4.78, 5) is 0. The Kier molecular flexibility index (Phi) is 2.98. The fourth-order valence-corrected chi connectivity index (χ4v) is 4.37. The SMILES string of the molecule is COC1=C[C@]23CCN[C@H](Cc4ccc(OC)c(O)c42)C3=CC1. The Hall–Kier alpha value is -1.94. The molecule has 22 heavy (non-hydrogen) atoms. The van der Waals surface area contributed by atoms with Gasteiger partial charge in [0.25, 0.3) is 0 Å². The summed E-state index contributed by atoms with van der Waals surface area (Å²) in [6, 6.07) is 4.30. The van der Waals surface area contributed by atoms with Gasteiger partial charge in [0.05, 0.1) is 20.0 Å². The molecule has 1 aromatic rings. The van der Waals surface area contributed by atoms with Gasteiger partial charge in [-0.2, -0.15) is 0 Å². The van der Waals surface area contributed by atoms with Gasteiger partial charge in [-0.25, -0.2) is 0 Å². The number of hydrogen-bond donors (Lipinski definition) is 2. The van der Waals surface area contributed by atoms with Crippen LogP contribution in [-0.4, -0.2) is 31.9 Å². The Morgan fingerprint density at radius 1 is 1.27 bits per heavy atom. The predicted molar refractivity (Wildman–Crippen MR) is 84.2 cm³/mol. The molecular weight excluding hydrogens is 278 g/mol. The molecule has 4 heteroatoms. The van der Waals surface area contributed by atoms with Gasteiger partial charge in [-0.05, 0) is 42.7 Å². The molecule has 116 valence electrons. The van der Waals surface area contributed by atoms with Crippen molar-refractivity contribution >= 4 is 0 Å². The predicted octanol–water partition coefficient (Wildman–Crippen LogP) is 2.42. The van der Waals surface area contributed by atoms with Gasteiger partial charge in [-0.15, -0.1) is 0 Å². The van der Waals surface area contributed by atoms with Crippen LogP contribution in [0.4, 0.5) is 0 Å². The van der Waals surface area contributed by atoms with E-state index in [-0.39, 0.29) is 11.2 Å². The molecule has 2 bridgehead atoms. The van der Waals surface area contributed by atoms with E-state index >= 15 is 0 Å². The zero-order chi connectivity index (χ0) is 15.3. The highest BCUT2D eigenvalue weighted by Crippen LogP contribution is 2.54. The lowest BCUT2D eigenvalue weighted by Gasteiger charge is -2.49. The van der Waals surface area contributed by atoms with Crippen molar-refractivity contribution in [3.8, 4) is 11.5 Å². The molecule has 2 atom stereocenters. The van der Waals surface area contributed by atoms with E-state index in [9.17, 15) is 5.11 Å². The number of aromatic hydroxyl groups is 1. The second-order valence-electron chi connectivity index (χ2n) is 6.26. The Balaban J connectivity index is 2.00. The van der Waals surface area contributed by atoms with Gasteiger partial charge < -0.3 is 19.9 Å². The zero-order valence-corrected chi connectivity index (χ0v) is 13.0. The largest absolute Gasteiger partial charge is 0.504 e. The molecule has 1 aromatic carbocycles. The molecular formula is C18H21NO3. The third kappa shape index (κ3) is 1.67. The quantitative estimate of drug-likeness (QED) is 0.824. The molecule has 0 spiro atoms. The summed E-state index contributed by atoms with van der Waals surface area (Å²) >= 11 is 0. The van der Waals surface area contributed by atoms with Crippen molar-refractivity contribution in [1.82, 2.24) is 5.32 Å². The van der Waals surface area contributed by atoms with Crippen molar-refractivity contribution in [2.45, 2.75) is 30.7 Å². The average molecular weight is 299 g/mol. The summed E-state index contributed by atoms with van der Waals surface area (Å²) in [5, 5.41) is 14.4. The molecule has 4 rings (SSSR count). The van der Waals surface area contributed by atoms with Gasteiger partial charge in [0.1, 0.15) is 0 Å². The molecule has 1 fully saturated rings. The standard InChI is InChI=1S/C18H21NO3/c1-21-12-4-5-13-14-9-11-3-6-15(22-2)17(20)16(11)18(13,10-12)7-8-19-14/h3,5-6,10,14,19-20H,4,7-9H2,1-2H3/t14-,18+/m1/s1. The smallest absolute Gasteiger partial charge is 0.162 e. The first-order chi connectivity index (χ1) is 10.7. The number of piperidine rings is 1. The number of phenols is 1. The number of ether oxygens (including phenoxy) is 2. The molecule has 0 unspecified atom stereocenters. The number of hydrogen-bond acceptors (Lipinski definition) is 4. The van der Waals surface area contributed by atoms with Crippen LogP contribution in [0.3, 0.4) is 0 Å². The molecule has 0 amide bonds. The topological polar surface area (TPSA) is 50.7 Å². The average Bonchev–Trinajstić information content (AvgIpc) is 2.53. The van der Waals surface area contributed by atoms with Crippen molar-refractivity contribution < 1.29 is 14.6 Å². The number of rotatable bonds is 2. The number of allylic oxidation sites excluding steroid dienone is 2. The normalized spacial score (nSPS) is 28.9. The molecule has 0 radical (unpaired) electrons. The Morgan fingerprint density at radius 3 is 2.91 bits per heavy atom. The minimum Gasteiger partial charge on any atom is -0.504 e. The number of fused-ring (bicyclic) bond motifs is 1. The van der Waals surface area contributed by atoms with Gasteiger partial charge in [0, 0.05) is 23.4 Å². The lowest BCUT2D eigenvalue weighted by atomic mass is 9.59. The number of benzene rings is 1. The molecule has 0 saturated carbocycles. The lowest BCUT2D eigenvalue weighted by molar-refractivity contribution is 0.263. The van der Waals surface area contributed by atoms with Gasteiger partial charge in [-0.3, -0.25) is 0 Å². The molecule has 2 N–H and O–H groups in total. The minimum absolute atomic E-state index is 0.258. The number of nitrogens with one attached hydrogen (secondary N) is 1. The first-order valence-electron chi connectivity index (χ1n) is 7.78. The van der Waals surface area contributed by atoms with Crippen molar-refractivity contribution in [2.24, 2.45) is 0 Å². The van der Waals surface area contributed by atoms with Crippen LogP contribution < -0.4 is 10.1 Å². The first-order valence-corrected chi connectivity index (χ1v) is 7.78. The third-order valence-electron chi connectivity index (χ3n) is 5.31. The van der Waals surface area contributed by atoms with Crippen LogP contribution >= 0.6 is 0 Å². The Morgan fingerprint density at radius 2 is 2.14 bits per heavy atom. The van der Waals surface area contributed by atoms with Crippen molar-refractivity contribution in [2.75, 3.05) is 20.8 Å². The molecule has 1 saturated heterocycles. The summed E-state index contributed by atoms with van der Waals surface area (Å²) in [6.07, 6.45) is 7.16. The summed E-state index contributed by atoms with van der Waals surface area (Å²) in [7, 11) is 3.32. The van der Waals surface area contributed by atoms with Crippen LogP contribution in [0.15, 0.2) is 35.6 Å². The molecule has 0 aromatic heterocycles. The van der Waals surface area contributed by atoms with Crippen LogP contribution in [0.25, 0.3) is 0 Å². The Labute approximate surface area is 130 Å². The highest BCUT2D eigenvalue weighted by Gasteiger charge is 2.49. The Bertz CT molecular complexity index is 692. The van der Waals surface area contributed by atoms with E-state index in [0.717, 1.165) is 37.1 Å². The lowest BCUT2D eigenvalue weighted by Crippen LogP contribution is -2.53. The highest BCUT2D eigenvalue weighted by atomic mass is 16.5. The maximum Gasteiger partial charge on any atom is 0.162 e. The second kappa shape index (κ2) is 4.78. The second-order valence-corrected chi connectivity index (χ2v) is 6.26. The number of phenolic OH excluding ortho intramolecular Hbond substituents is 1. The van der Waals surface area contributed by atoms with Crippen molar-refractivity contribution in [3.63, 3.8) is 0 Å². The minimum atomic E-state index is -0.258. The van der Waals surface area contributed by atoms with Crippen LogP contribution in [0.2, 0.25) is 0 Å². The summed E-state index contributed by atoms with van der Waals surface area (Å²) < 4.78 is 10.9. The van der Waals surface area contributed by atoms with E-state index < -0.39 is 0 Å². The fraction of sp³-hybridized carbons (Fsp3) is 0.444. The first kappa shape index (κ1) is 13.7. The maximum atomic E-state index is 10.8. The van der Waals surface area contributed by atoms with Gasteiger partial charge >= 0.3 is 0 Å². The van der Waals surface area contributed by atoms with Crippen LogP contribution in [0.1, 0.15) is 24.0 Å². The molecule has 1 aliphatic heterocycles. The fourth-order valence-electron chi connectivity index (χ4n) is 4.37. The van der Waals surface area contributed by atoms with E-state index in [1.54, 1.807) is 14.2 Å². The van der Waals surface area contributed by atoms with Crippen LogP contribution in [0, 0.1) is 0 Å². The molecule has 3 aliphatic rings. The number of methoxy groups -OCH3 is 2. The third-order valence-corrected chi connectivity index (χ3v) is 5.31. The zero-order valence-electron chi connectivity index (χ0n) is 13.0. The van der Waals surface area contributed by atoms with Crippen LogP contribution in [0.5, 0.6) is 11.5 Å². The monoisotopic (exact) mass is 299 g/mol. The van der Waals surface area contributed by atoms with E-state index in [1.807, 2.05) is 6.07 Å². The van der Waals surface area contributed by atoms with Gasteiger partial charge in [-0.1, -0.05) is 12.1 Å². The highest BCUT2D eigenvalue weighted by molar-refractivity contribution is 5.64. The molecule has 1 heterocycles. The van der Waals surface area contributed by atoms with E-state index in [2.05, 4.69) is 23.5 Å². The van der Waals surface area contributed by atoms with Crippen molar-refractivity contribution in [1.29, 1.82) is 0 Å².